The summed E-state index contributed by atoms with van der Waals surface area (Å²) in [5.41, 5.74) is 1.33. The lowest BCUT2D eigenvalue weighted by atomic mass is 9.79. The topological polar surface area (TPSA) is 151 Å². The maximum atomic E-state index is 12.9. The number of ketones is 1. The maximum Gasteiger partial charge on any atom is 0.308 e. The second-order valence-electron chi connectivity index (χ2n) is 9.07. The summed E-state index contributed by atoms with van der Waals surface area (Å²) in [5.74, 6) is -2.77. The molecule has 3 rings (SSSR count). The lowest BCUT2D eigenvalue weighted by molar-refractivity contribution is -0.140. The van der Waals surface area contributed by atoms with Crippen molar-refractivity contribution >= 4 is 17.7 Å². The molecule has 0 radical (unpaired) electrons. The van der Waals surface area contributed by atoms with E-state index in [1.54, 1.807) is 19.4 Å². The van der Waals surface area contributed by atoms with Crippen molar-refractivity contribution in [3.8, 4) is 17.0 Å². The summed E-state index contributed by atoms with van der Waals surface area (Å²) < 4.78 is 5.08. The number of rotatable bonds is 10. The molecule has 3 aromatic rings. The van der Waals surface area contributed by atoms with Crippen LogP contribution in [0.2, 0.25) is 0 Å². The molecule has 1 aromatic carbocycles. The lowest BCUT2D eigenvalue weighted by Crippen LogP contribution is -2.34. The van der Waals surface area contributed by atoms with Crippen LogP contribution in [0.5, 0.6) is 5.88 Å². The van der Waals surface area contributed by atoms with Gasteiger partial charge in [-0.15, -0.1) is 0 Å². The Morgan fingerprint density at radius 1 is 1.06 bits per heavy atom. The van der Waals surface area contributed by atoms with Gasteiger partial charge in [0.15, 0.2) is 11.6 Å². The molecular weight excluding hydrogens is 464 g/mol. The van der Waals surface area contributed by atoms with E-state index < -0.39 is 34.6 Å². The van der Waals surface area contributed by atoms with E-state index >= 15 is 0 Å². The van der Waals surface area contributed by atoms with Gasteiger partial charge in [-0.25, -0.2) is 9.97 Å². The van der Waals surface area contributed by atoms with Crippen LogP contribution < -0.4 is 15.6 Å². The number of benzene rings is 1. The molecule has 10 nitrogen and oxygen atoms in total. The van der Waals surface area contributed by atoms with E-state index in [0.717, 1.165) is 22.9 Å². The summed E-state index contributed by atoms with van der Waals surface area (Å²) in [6.45, 7) is 5.12. The molecular formula is C26H28N4O6. The Morgan fingerprint density at radius 2 is 1.72 bits per heavy atom. The normalized spacial score (nSPS) is 12.0. The van der Waals surface area contributed by atoms with Crippen molar-refractivity contribution in [2.75, 3.05) is 13.7 Å². The molecule has 0 aliphatic heterocycles. The highest BCUT2D eigenvalue weighted by atomic mass is 16.5. The zero-order chi connectivity index (χ0) is 26.5. The highest BCUT2D eigenvalue weighted by Crippen LogP contribution is 2.30. The Labute approximate surface area is 207 Å². The number of aromatic amines is 1. The quantitative estimate of drug-likeness (QED) is 0.366. The van der Waals surface area contributed by atoms with E-state index in [0.29, 0.717) is 5.88 Å². The van der Waals surface area contributed by atoms with Crippen molar-refractivity contribution < 1.29 is 24.2 Å². The molecule has 2 heterocycles. The molecule has 0 aliphatic rings. The number of aromatic nitrogens is 3. The Kier molecular flexibility index (Phi) is 7.98. The minimum absolute atomic E-state index is 0.0445. The molecule has 0 saturated heterocycles. The molecule has 188 valence electrons. The number of amides is 1. The Balaban J connectivity index is 1.69. The smallest absolute Gasteiger partial charge is 0.308 e. The summed E-state index contributed by atoms with van der Waals surface area (Å²) in [6, 6.07) is 11.4. The molecule has 0 bridgehead atoms. The highest BCUT2D eigenvalue weighted by molar-refractivity contribution is 5.97. The Morgan fingerprint density at radius 3 is 2.28 bits per heavy atom. The standard InChI is InChI=1S/C26H28N4O6/c1-15(25(34)35)12-29-24(33)22-28-14-19(23(32)30-22)20(31)11-26(2,3)18-8-5-16(6-9-18)17-7-10-21(36-4)27-13-17/h5-10,13-15H,11-12H2,1-4H3,(H,29,33)(H,34,35)(H,28,30,32). The van der Waals surface area contributed by atoms with Gasteiger partial charge in [-0.1, -0.05) is 45.0 Å². The molecule has 3 N–H and O–H groups in total. The summed E-state index contributed by atoms with van der Waals surface area (Å²) in [4.78, 5) is 58.9. The average molecular weight is 493 g/mol. The number of carbonyl (C=O) groups excluding carboxylic acids is 2. The number of ether oxygens (including phenoxy) is 1. The number of hydrogen-bond acceptors (Lipinski definition) is 7. The molecule has 0 fully saturated rings. The molecule has 1 amide bonds. The van der Waals surface area contributed by atoms with Crippen molar-refractivity contribution in [1.29, 1.82) is 0 Å². The summed E-state index contributed by atoms with van der Waals surface area (Å²) in [7, 11) is 1.56. The monoisotopic (exact) mass is 492 g/mol. The summed E-state index contributed by atoms with van der Waals surface area (Å²) in [5, 5.41) is 11.3. The molecule has 1 atom stereocenters. The minimum Gasteiger partial charge on any atom is -0.481 e. The van der Waals surface area contributed by atoms with E-state index in [9.17, 15) is 19.2 Å². The van der Waals surface area contributed by atoms with Gasteiger partial charge >= 0.3 is 5.97 Å². The first-order valence-corrected chi connectivity index (χ1v) is 11.3. The molecule has 10 heteroatoms. The van der Waals surface area contributed by atoms with Crippen molar-refractivity contribution in [3.63, 3.8) is 0 Å². The highest BCUT2D eigenvalue weighted by Gasteiger charge is 2.27. The van der Waals surface area contributed by atoms with Crippen molar-refractivity contribution in [1.82, 2.24) is 20.3 Å². The molecule has 0 spiro atoms. The maximum absolute atomic E-state index is 12.9. The van der Waals surface area contributed by atoms with Gasteiger partial charge in [-0.05, 0) is 22.6 Å². The van der Waals surface area contributed by atoms with E-state index in [4.69, 9.17) is 9.84 Å². The Hall–Kier alpha value is -4.34. The number of aliphatic carboxylic acids is 1. The second kappa shape index (κ2) is 10.9. The molecule has 0 aliphatic carbocycles. The van der Waals surface area contributed by atoms with Crippen molar-refractivity contribution in [2.45, 2.75) is 32.6 Å². The zero-order valence-electron chi connectivity index (χ0n) is 20.5. The Bertz CT molecular complexity index is 1310. The lowest BCUT2D eigenvalue weighted by Gasteiger charge is -2.24. The van der Waals surface area contributed by atoms with Crippen LogP contribution >= 0.6 is 0 Å². The molecule has 2 aromatic heterocycles. The summed E-state index contributed by atoms with van der Waals surface area (Å²) >= 11 is 0. The number of Topliss-reactive ketones (excluding diaryl/α,β-unsaturated/α-hetero) is 1. The van der Waals surface area contributed by atoms with Crippen molar-refractivity contribution in [3.05, 3.63) is 76.1 Å². The first-order chi connectivity index (χ1) is 17.0. The van der Waals surface area contributed by atoms with Gasteiger partial charge in [0.05, 0.1) is 13.0 Å². The van der Waals surface area contributed by atoms with Gasteiger partial charge in [0.25, 0.3) is 11.5 Å². The number of hydrogen-bond donors (Lipinski definition) is 3. The second-order valence-corrected chi connectivity index (χ2v) is 9.07. The fourth-order valence-corrected chi connectivity index (χ4v) is 3.51. The number of carbonyl (C=O) groups is 3. The van der Waals surface area contributed by atoms with E-state index in [1.165, 1.54) is 6.92 Å². The molecule has 36 heavy (non-hydrogen) atoms. The van der Waals surface area contributed by atoms with Gasteiger partial charge < -0.3 is 20.1 Å². The number of carboxylic acids is 1. The predicted molar refractivity (Wildman–Crippen MR) is 132 cm³/mol. The number of nitrogens with one attached hydrogen (secondary N) is 2. The predicted octanol–water partition coefficient (Wildman–Crippen LogP) is 2.84. The minimum atomic E-state index is -1.06. The van der Waals surface area contributed by atoms with Crippen molar-refractivity contribution in [2.24, 2.45) is 5.92 Å². The number of H-pyrrole nitrogens is 1. The largest absolute Gasteiger partial charge is 0.481 e. The van der Waals surface area contributed by atoms with Gasteiger partial charge in [-0.3, -0.25) is 19.2 Å². The number of methoxy groups -OCH3 is 1. The van der Waals surface area contributed by atoms with Crippen LogP contribution in [0.15, 0.2) is 53.6 Å². The van der Waals surface area contributed by atoms with E-state index in [2.05, 4.69) is 20.3 Å². The third-order valence-corrected chi connectivity index (χ3v) is 5.85. The van der Waals surface area contributed by atoms with Crippen LogP contribution in [-0.4, -0.2) is 51.4 Å². The van der Waals surface area contributed by atoms with E-state index in [-0.39, 0.29) is 24.4 Å². The number of pyridine rings is 1. The van der Waals surface area contributed by atoms with Crippen LogP contribution in [0.3, 0.4) is 0 Å². The average Bonchev–Trinajstić information content (AvgIpc) is 2.86. The zero-order valence-corrected chi connectivity index (χ0v) is 20.5. The first kappa shape index (κ1) is 26.3. The van der Waals surface area contributed by atoms with Crippen LogP contribution in [0, 0.1) is 5.92 Å². The van der Waals surface area contributed by atoms with Crippen LogP contribution in [-0.2, 0) is 10.2 Å². The summed E-state index contributed by atoms with van der Waals surface area (Å²) in [6.07, 6.45) is 2.84. The van der Waals surface area contributed by atoms with Gasteiger partial charge in [-0.2, -0.15) is 0 Å². The third-order valence-electron chi connectivity index (χ3n) is 5.85. The van der Waals surface area contributed by atoms with Crippen LogP contribution in [0.4, 0.5) is 0 Å². The number of nitrogens with zero attached hydrogens (tertiary/aromatic N) is 2. The molecule has 0 saturated carbocycles. The fourth-order valence-electron chi connectivity index (χ4n) is 3.51. The van der Waals surface area contributed by atoms with Gasteiger partial charge in [0.2, 0.25) is 5.88 Å². The first-order valence-electron chi connectivity index (χ1n) is 11.3. The SMILES string of the molecule is COc1ccc(-c2ccc(C(C)(C)CC(=O)c3cnc(C(=O)NCC(C)C(=O)O)[nH]c3=O)cc2)cn1. The van der Waals surface area contributed by atoms with Gasteiger partial charge in [0.1, 0.15) is 5.56 Å². The van der Waals surface area contributed by atoms with Gasteiger partial charge in [0, 0.05) is 37.0 Å². The van der Waals surface area contributed by atoms with Crippen LogP contribution in [0.25, 0.3) is 11.1 Å². The molecule has 1 unspecified atom stereocenters. The third kappa shape index (κ3) is 6.21. The van der Waals surface area contributed by atoms with E-state index in [1.807, 2.05) is 44.2 Å². The number of carboxylic acid groups (broad SMARTS) is 1. The fraction of sp³-hybridized carbons (Fsp3) is 0.308. The van der Waals surface area contributed by atoms with Crippen LogP contribution in [0.1, 0.15) is 53.7 Å².